The molecule has 2 atom stereocenters. The van der Waals surface area contributed by atoms with Gasteiger partial charge in [-0.05, 0) is 51.0 Å². The van der Waals surface area contributed by atoms with E-state index >= 15 is 0 Å². The summed E-state index contributed by atoms with van der Waals surface area (Å²) in [6.45, 7) is 6.17. The van der Waals surface area contributed by atoms with Gasteiger partial charge in [-0.15, -0.1) is 0 Å². The number of amides is 2. The number of hydrogen-bond donors (Lipinski definition) is 1. The molecule has 7 nitrogen and oxygen atoms in total. The Morgan fingerprint density at radius 3 is 2.30 bits per heavy atom. The lowest BCUT2D eigenvalue weighted by Crippen LogP contribution is -2.52. The van der Waals surface area contributed by atoms with Crippen molar-refractivity contribution in [3.8, 4) is 0 Å². The smallest absolute Gasteiger partial charge is 0.352 e. The van der Waals surface area contributed by atoms with Crippen molar-refractivity contribution in [1.29, 1.82) is 0 Å². The normalized spacial score (nSPS) is 13.5. The highest BCUT2D eigenvalue weighted by Crippen LogP contribution is 2.36. The number of carbonyl (C=O) groups excluding carboxylic acids is 2. The van der Waals surface area contributed by atoms with Crippen molar-refractivity contribution in [3.05, 3.63) is 64.2 Å². The van der Waals surface area contributed by atoms with E-state index in [1.54, 1.807) is 19.1 Å². The first kappa shape index (κ1) is 30.4. The molecule has 2 aromatic carbocycles. The Kier molecular flexibility index (Phi) is 10.0. The number of nitrogens with one attached hydrogen (secondary N) is 1. The molecular formula is C25H31ClF3N3O4S. The second-order valence-corrected chi connectivity index (χ2v) is 11.3. The van der Waals surface area contributed by atoms with Crippen LogP contribution in [0.15, 0.2) is 42.5 Å². The van der Waals surface area contributed by atoms with Crippen LogP contribution >= 0.6 is 11.6 Å². The molecule has 0 aliphatic rings. The third-order valence-electron chi connectivity index (χ3n) is 5.83. The Bertz CT molecular complexity index is 1240. The highest BCUT2D eigenvalue weighted by Gasteiger charge is 2.34. The molecule has 0 saturated carbocycles. The van der Waals surface area contributed by atoms with Crippen LogP contribution in [0.1, 0.15) is 43.9 Å². The Hall–Kier alpha value is -2.79. The number of nitrogens with zero attached hydrogens (tertiary/aromatic N) is 2. The van der Waals surface area contributed by atoms with Crippen LogP contribution in [-0.2, 0) is 32.3 Å². The summed E-state index contributed by atoms with van der Waals surface area (Å²) in [5.41, 5.74) is 0.000127. The van der Waals surface area contributed by atoms with E-state index in [4.69, 9.17) is 11.6 Å². The highest BCUT2D eigenvalue weighted by molar-refractivity contribution is 7.92. The lowest BCUT2D eigenvalue weighted by Gasteiger charge is -2.32. The highest BCUT2D eigenvalue weighted by atomic mass is 35.5. The van der Waals surface area contributed by atoms with Crippen molar-refractivity contribution < 1.29 is 31.2 Å². The van der Waals surface area contributed by atoms with E-state index in [-0.39, 0.29) is 17.6 Å². The fraction of sp³-hybridized carbons (Fsp3) is 0.440. The molecule has 0 unspecified atom stereocenters. The van der Waals surface area contributed by atoms with E-state index in [0.717, 1.165) is 24.0 Å². The summed E-state index contributed by atoms with van der Waals surface area (Å²) in [5.74, 6) is -1.23. The van der Waals surface area contributed by atoms with Gasteiger partial charge in [0.05, 0.1) is 22.5 Å². The molecule has 0 spiro atoms. The molecule has 0 aromatic heterocycles. The molecule has 0 bridgehead atoms. The van der Waals surface area contributed by atoms with Gasteiger partial charge in [0, 0.05) is 12.6 Å². The lowest BCUT2D eigenvalue weighted by atomic mass is 10.1. The zero-order valence-corrected chi connectivity index (χ0v) is 22.8. The predicted molar refractivity (Wildman–Crippen MR) is 138 cm³/mol. The first-order valence-corrected chi connectivity index (χ1v) is 13.8. The van der Waals surface area contributed by atoms with Crippen LogP contribution in [0.4, 0.5) is 18.9 Å². The van der Waals surface area contributed by atoms with E-state index in [0.29, 0.717) is 22.4 Å². The molecule has 0 aliphatic carbocycles. The molecule has 1 N–H and O–H groups in total. The van der Waals surface area contributed by atoms with Crippen LogP contribution in [0.2, 0.25) is 5.02 Å². The van der Waals surface area contributed by atoms with Gasteiger partial charge in [0.25, 0.3) is 0 Å². The fourth-order valence-electron chi connectivity index (χ4n) is 3.53. The standard InChI is InChI=1S/C25H31ClF3N3O4S/c1-6-17(3)30-24(34)18(4)31(14-19-9-7-8-16(2)12-19)23(33)15-32(37(5,35)36)22-13-20(25(27,28)29)10-11-21(22)26/h7-13,17-18H,6,14-15H2,1-5H3,(H,30,34)/t17-,18+/m1/s1. The largest absolute Gasteiger partial charge is 0.416 e. The number of carbonyl (C=O) groups is 2. The zero-order chi connectivity index (χ0) is 28.1. The summed E-state index contributed by atoms with van der Waals surface area (Å²) in [6, 6.07) is 8.28. The van der Waals surface area contributed by atoms with Gasteiger partial charge in [0.15, 0.2) is 0 Å². The summed E-state index contributed by atoms with van der Waals surface area (Å²) >= 11 is 6.08. The first-order chi connectivity index (χ1) is 17.0. The molecule has 12 heteroatoms. The van der Waals surface area contributed by atoms with Gasteiger partial charge < -0.3 is 10.2 Å². The minimum absolute atomic E-state index is 0.0243. The maximum atomic E-state index is 13.5. The molecule has 0 saturated heterocycles. The number of rotatable bonds is 10. The first-order valence-electron chi connectivity index (χ1n) is 11.5. The Labute approximate surface area is 220 Å². The van der Waals surface area contributed by atoms with Crippen molar-refractivity contribution in [1.82, 2.24) is 10.2 Å². The minimum atomic E-state index is -4.76. The van der Waals surface area contributed by atoms with Crippen LogP contribution in [0.3, 0.4) is 0 Å². The predicted octanol–water partition coefficient (Wildman–Crippen LogP) is 4.77. The van der Waals surface area contributed by atoms with Gasteiger partial charge in [-0.1, -0.05) is 48.4 Å². The van der Waals surface area contributed by atoms with Crippen molar-refractivity contribution in [2.75, 3.05) is 17.1 Å². The maximum absolute atomic E-state index is 13.5. The molecule has 2 amide bonds. The number of sulfonamides is 1. The lowest BCUT2D eigenvalue weighted by molar-refractivity contribution is -0.139. The molecule has 204 valence electrons. The van der Waals surface area contributed by atoms with Gasteiger partial charge in [-0.3, -0.25) is 13.9 Å². The van der Waals surface area contributed by atoms with E-state index in [1.165, 1.54) is 11.8 Å². The minimum Gasteiger partial charge on any atom is -0.352 e. The van der Waals surface area contributed by atoms with Crippen LogP contribution in [0, 0.1) is 6.92 Å². The van der Waals surface area contributed by atoms with Crippen molar-refractivity contribution >= 4 is 39.1 Å². The van der Waals surface area contributed by atoms with Gasteiger partial charge in [-0.2, -0.15) is 13.2 Å². The molecule has 0 heterocycles. The summed E-state index contributed by atoms with van der Waals surface area (Å²) < 4.78 is 65.8. The van der Waals surface area contributed by atoms with Crippen LogP contribution in [0.5, 0.6) is 0 Å². The van der Waals surface area contributed by atoms with Crippen molar-refractivity contribution in [2.24, 2.45) is 0 Å². The maximum Gasteiger partial charge on any atom is 0.416 e. The number of aryl methyl sites for hydroxylation is 1. The molecular weight excluding hydrogens is 531 g/mol. The van der Waals surface area contributed by atoms with Gasteiger partial charge in [0.1, 0.15) is 12.6 Å². The second kappa shape index (κ2) is 12.2. The molecule has 2 rings (SSSR count). The molecule has 0 aliphatic heterocycles. The topological polar surface area (TPSA) is 86.8 Å². The quantitative estimate of drug-likeness (QED) is 0.453. The Morgan fingerprint density at radius 1 is 1.11 bits per heavy atom. The Morgan fingerprint density at radius 2 is 1.76 bits per heavy atom. The van der Waals surface area contributed by atoms with E-state index in [2.05, 4.69) is 5.32 Å². The van der Waals surface area contributed by atoms with E-state index in [1.807, 2.05) is 26.0 Å². The monoisotopic (exact) mass is 561 g/mol. The summed E-state index contributed by atoms with van der Waals surface area (Å²) in [7, 11) is -4.25. The number of benzene rings is 2. The van der Waals surface area contributed by atoms with Crippen LogP contribution in [0.25, 0.3) is 0 Å². The number of halogens is 4. The van der Waals surface area contributed by atoms with Crippen LogP contribution in [-0.4, -0.2) is 50.0 Å². The third kappa shape index (κ3) is 8.36. The molecule has 2 aromatic rings. The number of hydrogen-bond acceptors (Lipinski definition) is 4. The zero-order valence-electron chi connectivity index (χ0n) is 21.3. The number of alkyl halides is 3. The SMILES string of the molecule is CC[C@@H](C)NC(=O)[C@H](C)N(Cc1cccc(C)c1)C(=O)CN(c1cc(C(F)(F)F)ccc1Cl)S(C)(=O)=O. The summed E-state index contributed by atoms with van der Waals surface area (Å²) in [5, 5.41) is 2.52. The summed E-state index contributed by atoms with van der Waals surface area (Å²) in [4.78, 5) is 27.6. The Balaban J connectivity index is 2.50. The number of anilines is 1. The molecule has 0 radical (unpaired) electrons. The summed E-state index contributed by atoms with van der Waals surface area (Å²) in [6.07, 6.45) is -3.34. The van der Waals surface area contributed by atoms with E-state index in [9.17, 15) is 31.2 Å². The van der Waals surface area contributed by atoms with E-state index < -0.39 is 51.9 Å². The van der Waals surface area contributed by atoms with Gasteiger partial charge >= 0.3 is 6.18 Å². The van der Waals surface area contributed by atoms with Gasteiger partial charge in [0.2, 0.25) is 21.8 Å². The van der Waals surface area contributed by atoms with Crippen molar-refractivity contribution in [2.45, 2.75) is 58.9 Å². The van der Waals surface area contributed by atoms with Gasteiger partial charge in [-0.25, -0.2) is 8.42 Å². The molecule has 37 heavy (non-hydrogen) atoms. The van der Waals surface area contributed by atoms with Crippen molar-refractivity contribution in [3.63, 3.8) is 0 Å². The fourth-order valence-corrected chi connectivity index (χ4v) is 4.65. The average Bonchev–Trinajstić information content (AvgIpc) is 2.79. The second-order valence-electron chi connectivity index (χ2n) is 8.94. The average molecular weight is 562 g/mol. The third-order valence-corrected chi connectivity index (χ3v) is 7.27. The molecule has 0 fully saturated rings. The van der Waals surface area contributed by atoms with Crippen LogP contribution < -0.4 is 9.62 Å².